The summed E-state index contributed by atoms with van der Waals surface area (Å²) in [7, 11) is 1.85. The predicted octanol–water partition coefficient (Wildman–Crippen LogP) is 5.54. The molecule has 0 saturated heterocycles. The lowest BCUT2D eigenvalue weighted by molar-refractivity contribution is -0.115. The molecule has 0 bridgehead atoms. The van der Waals surface area contributed by atoms with Crippen LogP contribution in [0.4, 0.5) is 11.4 Å². The molecule has 9 heteroatoms. The second-order valence-electron chi connectivity index (χ2n) is 8.52. The molecule has 36 heavy (non-hydrogen) atoms. The quantitative estimate of drug-likeness (QED) is 0.340. The Morgan fingerprint density at radius 3 is 2.31 bits per heavy atom. The molecule has 1 aliphatic rings. The number of hydrogen-bond donors (Lipinski definition) is 1. The summed E-state index contributed by atoms with van der Waals surface area (Å²) < 4.78 is 1.83. The minimum absolute atomic E-state index is 0.0365. The van der Waals surface area contributed by atoms with Crippen LogP contribution in [0.15, 0.2) is 87.7 Å². The molecule has 0 unspecified atom stereocenters. The number of para-hydroxylation sites is 2. The number of fused-ring (bicyclic) bond motifs is 2. The van der Waals surface area contributed by atoms with Gasteiger partial charge in [0.05, 0.1) is 23.2 Å². The summed E-state index contributed by atoms with van der Waals surface area (Å²) in [6, 6.07) is 23.0. The first-order valence-electron chi connectivity index (χ1n) is 11.5. The van der Waals surface area contributed by atoms with Crippen LogP contribution in [0.5, 0.6) is 0 Å². The second kappa shape index (κ2) is 10.2. The summed E-state index contributed by atoms with van der Waals surface area (Å²) in [6.45, 7) is 3.82. The van der Waals surface area contributed by atoms with Gasteiger partial charge >= 0.3 is 0 Å². The van der Waals surface area contributed by atoms with Gasteiger partial charge in [0.25, 0.3) is 5.91 Å². The van der Waals surface area contributed by atoms with Gasteiger partial charge in [0.2, 0.25) is 5.91 Å². The summed E-state index contributed by atoms with van der Waals surface area (Å²) >= 11 is 3.00. The number of nitrogens with one attached hydrogen (secondary N) is 1. The number of rotatable bonds is 6. The van der Waals surface area contributed by atoms with Gasteiger partial charge in [-0.2, -0.15) is 0 Å². The van der Waals surface area contributed by atoms with Crippen molar-refractivity contribution in [3.05, 3.63) is 89.7 Å². The van der Waals surface area contributed by atoms with Gasteiger partial charge in [-0.05, 0) is 50.2 Å². The fourth-order valence-electron chi connectivity index (χ4n) is 4.12. The highest BCUT2D eigenvalue weighted by Crippen LogP contribution is 2.48. The van der Waals surface area contributed by atoms with Crippen molar-refractivity contribution in [2.75, 3.05) is 10.7 Å². The highest BCUT2D eigenvalue weighted by atomic mass is 32.2. The Balaban J connectivity index is 1.29. The van der Waals surface area contributed by atoms with Crippen molar-refractivity contribution in [2.45, 2.75) is 34.8 Å². The van der Waals surface area contributed by atoms with Crippen LogP contribution in [0.2, 0.25) is 0 Å². The number of hydrogen-bond acceptors (Lipinski definition) is 6. The highest BCUT2D eigenvalue weighted by molar-refractivity contribution is 8.00. The van der Waals surface area contributed by atoms with Crippen molar-refractivity contribution in [1.29, 1.82) is 0 Å². The van der Waals surface area contributed by atoms with Crippen molar-refractivity contribution in [1.82, 2.24) is 20.1 Å². The number of aromatic nitrogens is 3. The maximum atomic E-state index is 13.5. The summed E-state index contributed by atoms with van der Waals surface area (Å²) in [5.74, 6) is 0.615. The van der Waals surface area contributed by atoms with E-state index in [0.29, 0.717) is 16.5 Å². The molecule has 1 aliphatic heterocycles. The number of anilines is 2. The third-order valence-electron chi connectivity index (χ3n) is 5.89. The third-order valence-corrected chi connectivity index (χ3v) is 8.03. The van der Waals surface area contributed by atoms with Crippen LogP contribution in [0.1, 0.15) is 34.7 Å². The van der Waals surface area contributed by atoms with Crippen LogP contribution >= 0.6 is 23.5 Å². The van der Waals surface area contributed by atoms with Crippen LogP contribution in [-0.2, 0) is 11.8 Å². The molecule has 182 valence electrons. The molecule has 1 atom stereocenters. The molecule has 0 fully saturated rings. The number of benzene rings is 3. The minimum atomic E-state index is -0.349. The normalized spacial score (nSPS) is 13.0. The zero-order valence-corrected chi connectivity index (χ0v) is 21.8. The molecule has 2 amide bonds. The molecule has 2 heterocycles. The number of carbonyl (C=O) groups is 2. The first-order chi connectivity index (χ1) is 17.4. The zero-order chi connectivity index (χ0) is 25.2. The van der Waals surface area contributed by atoms with E-state index >= 15 is 0 Å². The Kier molecular flexibility index (Phi) is 6.84. The highest BCUT2D eigenvalue weighted by Gasteiger charge is 2.28. The molecule has 7 nitrogen and oxygen atoms in total. The Hall–Kier alpha value is -3.56. The fraction of sp³-hybridized carbons (Fsp3) is 0.185. The van der Waals surface area contributed by atoms with Crippen molar-refractivity contribution in [2.24, 2.45) is 7.05 Å². The first kappa shape index (κ1) is 24.1. The van der Waals surface area contributed by atoms with Gasteiger partial charge in [-0.1, -0.05) is 65.5 Å². The standard InChI is InChI=1S/C27H25N5O2S2/c1-17-9-8-10-19(15-17)26(34)28-18(2)25-29-30-27(31(25)3)35-16-24(33)32-20-11-4-6-13-22(20)36-23-14-7-5-12-21(23)32/h4-15,18H,16H2,1-3H3,(H,28,34)/t18-/m1/s1. The van der Waals surface area contributed by atoms with Crippen LogP contribution in [-0.4, -0.2) is 32.3 Å². The molecule has 0 radical (unpaired) electrons. The monoisotopic (exact) mass is 515 g/mol. The van der Waals surface area contributed by atoms with E-state index in [4.69, 9.17) is 0 Å². The van der Waals surface area contributed by atoms with E-state index in [0.717, 1.165) is 26.7 Å². The van der Waals surface area contributed by atoms with Crippen molar-refractivity contribution in [3.8, 4) is 0 Å². The van der Waals surface area contributed by atoms with E-state index in [1.807, 2.05) is 92.2 Å². The van der Waals surface area contributed by atoms with Crippen molar-refractivity contribution >= 4 is 46.7 Å². The van der Waals surface area contributed by atoms with Crippen molar-refractivity contribution in [3.63, 3.8) is 0 Å². The molecule has 5 rings (SSSR count). The Morgan fingerprint density at radius 2 is 1.64 bits per heavy atom. The van der Waals surface area contributed by atoms with E-state index < -0.39 is 0 Å². The van der Waals surface area contributed by atoms with Gasteiger partial charge in [0, 0.05) is 22.4 Å². The Labute approximate surface area is 218 Å². The molecule has 3 aromatic carbocycles. The van der Waals surface area contributed by atoms with Crippen LogP contribution < -0.4 is 10.2 Å². The smallest absolute Gasteiger partial charge is 0.251 e. The molecule has 4 aromatic rings. The van der Waals surface area contributed by atoms with Gasteiger partial charge in [-0.25, -0.2) is 0 Å². The van der Waals surface area contributed by atoms with E-state index in [1.165, 1.54) is 11.8 Å². The largest absolute Gasteiger partial charge is 0.342 e. The lowest BCUT2D eigenvalue weighted by atomic mass is 10.1. The summed E-state index contributed by atoms with van der Waals surface area (Å²) in [6.07, 6.45) is 0. The Morgan fingerprint density at radius 1 is 0.972 bits per heavy atom. The molecule has 1 N–H and O–H groups in total. The SMILES string of the molecule is Cc1cccc(C(=O)N[C@H](C)c2nnc(SCC(=O)N3c4ccccc4Sc4ccccc43)n2C)c1. The number of thioether (sulfide) groups is 1. The molecule has 0 spiro atoms. The van der Waals surface area contributed by atoms with Crippen molar-refractivity contribution < 1.29 is 9.59 Å². The lowest BCUT2D eigenvalue weighted by Gasteiger charge is -2.30. The predicted molar refractivity (Wildman–Crippen MR) is 143 cm³/mol. The second-order valence-corrected chi connectivity index (χ2v) is 10.5. The summed E-state index contributed by atoms with van der Waals surface area (Å²) in [4.78, 5) is 30.0. The number of carbonyl (C=O) groups excluding carboxylic acids is 2. The molecule has 0 saturated carbocycles. The van der Waals surface area contributed by atoms with E-state index in [9.17, 15) is 9.59 Å². The van der Waals surface area contributed by atoms with Crippen LogP contribution in [0.3, 0.4) is 0 Å². The number of aryl methyl sites for hydroxylation is 1. The molecular weight excluding hydrogens is 490 g/mol. The average molecular weight is 516 g/mol. The molecule has 0 aliphatic carbocycles. The van der Waals surface area contributed by atoms with Gasteiger partial charge in [-0.15, -0.1) is 10.2 Å². The van der Waals surface area contributed by atoms with E-state index in [1.54, 1.807) is 22.7 Å². The van der Waals surface area contributed by atoms with Gasteiger partial charge in [-0.3, -0.25) is 14.5 Å². The zero-order valence-electron chi connectivity index (χ0n) is 20.1. The van der Waals surface area contributed by atoms with E-state index in [2.05, 4.69) is 15.5 Å². The fourth-order valence-corrected chi connectivity index (χ4v) is 5.95. The first-order valence-corrected chi connectivity index (χ1v) is 13.3. The van der Waals surface area contributed by atoms with Gasteiger partial charge < -0.3 is 9.88 Å². The minimum Gasteiger partial charge on any atom is -0.342 e. The Bertz CT molecular complexity index is 1410. The maximum Gasteiger partial charge on any atom is 0.251 e. The average Bonchev–Trinajstić information content (AvgIpc) is 3.25. The van der Waals surface area contributed by atoms with Gasteiger partial charge in [0.15, 0.2) is 11.0 Å². The number of amides is 2. The van der Waals surface area contributed by atoms with Gasteiger partial charge in [0.1, 0.15) is 0 Å². The maximum absolute atomic E-state index is 13.5. The van der Waals surface area contributed by atoms with Crippen LogP contribution in [0, 0.1) is 6.92 Å². The third kappa shape index (κ3) is 4.76. The number of nitrogens with zero attached hydrogens (tertiary/aromatic N) is 4. The topological polar surface area (TPSA) is 80.1 Å². The lowest BCUT2D eigenvalue weighted by Crippen LogP contribution is -2.30. The summed E-state index contributed by atoms with van der Waals surface area (Å²) in [5, 5.41) is 12.2. The summed E-state index contributed by atoms with van der Waals surface area (Å²) in [5.41, 5.74) is 3.40. The van der Waals surface area contributed by atoms with E-state index in [-0.39, 0.29) is 23.6 Å². The van der Waals surface area contributed by atoms with Crippen LogP contribution in [0.25, 0.3) is 0 Å². The molecule has 1 aromatic heterocycles. The molecular formula is C27H25N5O2S2.